The van der Waals surface area contributed by atoms with E-state index < -0.39 is 0 Å². The molecule has 2 aromatic rings. The van der Waals surface area contributed by atoms with Crippen molar-refractivity contribution in [2.45, 2.75) is 12.2 Å². The number of hydrogen-bond acceptors (Lipinski definition) is 1. The fourth-order valence-corrected chi connectivity index (χ4v) is 1.97. The predicted octanol–water partition coefficient (Wildman–Crippen LogP) is 3.06. The molecule has 1 atom stereocenters. The van der Waals surface area contributed by atoms with Gasteiger partial charge in [0.25, 0.3) is 0 Å². The molecule has 1 aromatic carbocycles. The first kappa shape index (κ1) is 7.92. The molecule has 0 N–H and O–H groups in total. The third kappa shape index (κ3) is 0.970. The maximum Gasteiger partial charge on any atom is 0.134 e. The molecule has 1 aliphatic carbocycles. The Labute approximate surface area is 83.8 Å². The highest BCUT2D eigenvalue weighted by Gasteiger charge is 2.18. The number of hydrogen-bond donors (Lipinski definition) is 0. The van der Waals surface area contributed by atoms with Crippen LogP contribution in [0.3, 0.4) is 0 Å². The summed E-state index contributed by atoms with van der Waals surface area (Å²) < 4.78 is 5.73. The first-order valence-electron chi connectivity index (χ1n) is 4.80. The highest BCUT2D eigenvalue weighted by Crippen LogP contribution is 2.35. The second-order valence-corrected chi connectivity index (χ2v) is 3.62. The van der Waals surface area contributed by atoms with E-state index >= 15 is 0 Å². The van der Waals surface area contributed by atoms with Crippen LogP contribution in [-0.2, 0) is 0 Å². The second-order valence-electron chi connectivity index (χ2n) is 3.62. The van der Waals surface area contributed by atoms with Crippen molar-refractivity contribution >= 4 is 24.9 Å². The Morgan fingerprint density at radius 2 is 2.14 bits per heavy atom. The molecule has 14 heavy (non-hydrogen) atoms. The topological polar surface area (TPSA) is 13.1 Å². The second kappa shape index (κ2) is 2.78. The first-order chi connectivity index (χ1) is 6.86. The molecule has 1 aliphatic rings. The molecule has 0 fully saturated rings. The molecule has 1 heterocycles. The van der Waals surface area contributed by atoms with E-state index in [-0.39, 0.29) is 5.82 Å². The zero-order chi connectivity index (χ0) is 9.54. The number of fused-ring (bicyclic) bond motifs is 3. The molecule has 1 nitrogen and oxygen atoms in total. The van der Waals surface area contributed by atoms with Crippen LogP contribution in [-0.4, -0.2) is 7.85 Å². The third-order valence-electron chi connectivity index (χ3n) is 2.67. The molecule has 0 saturated heterocycles. The van der Waals surface area contributed by atoms with Gasteiger partial charge in [0.05, 0.1) is 7.85 Å². The van der Waals surface area contributed by atoms with Gasteiger partial charge in [-0.1, -0.05) is 30.4 Å². The van der Waals surface area contributed by atoms with Crippen LogP contribution in [0.15, 0.2) is 34.8 Å². The fraction of sp³-hybridized carbons (Fsp3) is 0.167. The van der Waals surface area contributed by atoms with Gasteiger partial charge in [-0.3, -0.25) is 0 Å². The minimum atomic E-state index is 0.0161. The fourth-order valence-electron chi connectivity index (χ4n) is 1.97. The van der Waals surface area contributed by atoms with Crippen molar-refractivity contribution in [3.05, 3.63) is 41.7 Å². The molecule has 0 aliphatic heterocycles. The zero-order valence-electron chi connectivity index (χ0n) is 7.73. The Balaban J connectivity index is 2.39. The maximum atomic E-state index is 5.97. The molecule has 1 aromatic heterocycles. The lowest BCUT2D eigenvalue weighted by atomic mass is 9.78. The lowest BCUT2D eigenvalue weighted by Gasteiger charge is -2.11. The Morgan fingerprint density at radius 1 is 1.29 bits per heavy atom. The SMILES string of the molecule is [B][C@@H]1CC=Cc2c1oc1ccccc21. The number of allylic oxidation sites excluding steroid dienone is 1. The Hall–Kier alpha value is -1.44. The highest BCUT2D eigenvalue weighted by molar-refractivity contribution is 6.13. The first-order valence-corrected chi connectivity index (χ1v) is 4.80. The minimum Gasteiger partial charge on any atom is -0.461 e. The van der Waals surface area contributed by atoms with Crippen LogP contribution in [0.5, 0.6) is 0 Å². The van der Waals surface area contributed by atoms with Crippen LogP contribution in [0.2, 0.25) is 0 Å². The summed E-state index contributed by atoms with van der Waals surface area (Å²) in [5, 5.41) is 1.16. The quantitative estimate of drug-likeness (QED) is 0.567. The minimum absolute atomic E-state index is 0.0161. The predicted molar refractivity (Wildman–Crippen MR) is 58.4 cm³/mol. The standard InChI is InChI=1S/C12H9BO/c13-10-6-3-5-9-8-4-1-2-7-11(8)14-12(9)10/h1-5,7,10H,6H2/t10-/m1/s1. The molecule has 0 saturated carbocycles. The van der Waals surface area contributed by atoms with Crippen molar-refractivity contribution in [1.82, 2.24) is 0 Å². The summed E-state index contributed by atoms with van der Waals surface area (Å²) in [6, 6.07) is 8.05. The summed E-state index contributed by atoms with van der Waals surface area (Å²) in [6.45, 7) is 0. The van der Waals surface area contributed by atoms with E-state index in [1.807, 2.05) is 18.2 Å². The highest BCUT2D eigenvalue weighted by atomic mass is 16.3. The van der Waals surface area contributed by atoms with Crippen molar-refractivity contribution < 1.29 is 4.42 Å². The van der Waals surface area contributed by atoms with E-state index in [2.05, 4.69) is 18.2 Å². The molecule has 0 unspecified atom stereocenters. The molecule has 66 valence electrons. The summed E-state index contributed by atoms with van der Waals surface area (Å²) in [5.74, 6) is 0.941. The summed E-state index contributed by atoms with van der Waals surface area (Å²) in [4.78, 5) is 0. The summed E-state index contributed by atoms with van der Waals surface area (Å²) in [7, 11) is 5.97. The van der Waals surface area contributed by atoms with Gasteiger partial charge in [0.2, 0.25) is 0 Å². The van der Waals surface area contributed by atoms with Gasteiger partial charge >= 0.3 is 0 Å². The number of rotatable bonds is 0. The molecule has 0 amide bonds. The summed E-state index contributed by atoms with van der Waals surface area (Å²) >= 11 is 0. The van der Waals surface area contributed by atoms with Gasteiger partial charge in [-0.25, -0.2) is 0 Å². The molecule has 3 rings (SSSR count). The maximum absolute atomic E-state index is 5.97. The molecule has 2 heteroatoms. The largest absolute Gasteiger partial charge is 0.461 e. The van der Waals surface area contributed by atoms with E-state index in [9.17, 15) is 0 Å². The van der Waals surface area contributed by atoms with Crippen molar-refractivity contribution in [1.29, 1.82) is 0 Å². The van der Waals surface area contributed by atoms with Crippen LogP contribution < -0.4 is 0 Å². The number of para-hydroxylation sites is 1. The monoisotopic (exact) mass is 180 g/mol. The Morgan fingerprint density at radius 3 is 3.07 bits per heavy atom. The van der Waals surface area contributed by atoms with Crippen LogP contribution in [0.25, 0.3) is 17.0 Å². The van der Waals surface area contributed by atoms with Gasteiger partial charge in [-0.15, -0.1) is 0 Å². The van der Waals surface area contributed by atoms with E-state index in [0.29, 0.717) is 0 Å². The van der Waals surface area contributed by atoms with Crippen molar-refractivity contribution in [2.24, 2.45) is 0 Å². The smallest absolute Gasteiger partial charge is 0.134 e. The van der Waals surface area contributed by atoms with Gasteiger partial charge in [0, 0.05) is 10.9 Å². The third-order valence-corrected chi connectivity index (χ3v) is 2.67. The zero-order valence-corrected chi connectivity index (χ0v) is 7.73. The molecule has 0 bridgehead atoms. The van der Waals surface area contributed by atoms with E-state index in [1.54, 1.807) is 0 Å². The number of furan rings is 1. The Bertz CT molecular complexity index is 510. The van der Waals surface area contributed by atoms with Crippen molar-refractivity contribution in [3.8, 4) is 0 Å². The van der Waals surface area contributed by atoms with Crippen LogP contribution in [0, 0.1) is 0 Å². The van der Waals surface area contributed by atoms with Gasteiger partial charge in [0.15, 0.2) is 0 Å². The molecule has 2 radical (unpaired) electrons. The average molecular weight is 180 g/mol. The van der Waals surface area contributed by atoms with Crippen molar-refractivity contribution in [2.75, 3.05) is 0 Å². The van der Waals surface area contributed by atoms with Gasteiger partial charge in [0.1, 0.15) is 11.3 Å². The summed E-state index contributed by atoms with van der Waals surface area (Å²) in [6.07, 6.45) is 5.08. The molecule has 0 spiro atoms. The van der Waals surface area contributed by atoms with E-state index in [0.717, 1.165) is 28.7 Å². The number of benzene rings is 1. The van der Waals surface area contributed by atoms with Gasteiger partial charge in [-0.05, 0) is 18.3 Å². The van der Waals surface area contributed by atoms with Crippen LogP contribution in [0.1, 0.15) is 23.6 Å². The lowest BCUT2D eigenvalue weighted by Crippen LogP contribution is -1.99. The van der Waals surface area contributed by atoms with Gasteiger partial charge in [-0.2, -0.15) is 0 Å². The van der Waals surface area contributed by atoms with E-state index in [4.69, 9.17) is 12.3 Å². The average Bonchev–Trinajstić information content (AvgIpc) is 2.59. The van der Waals surface area contributed by atoms with E-state index in [1.165, 1.54) is 0 Å². The van der Waals surface area contributed by atoms with Crippen LogP contribution in [0.4, 0.5) is 0 Å². The van der Waals surface area contributed by atoms with Crippen LogP contribution >= 0.6 is 0 Å². The van der Waals surface area contributed by atoms with Gasteiger partial charge < -0.3 is 4.42 Å². The Kier molecular flexibility index (Phi) is 1.57. The molecular weight excluding hydrogens is 171 g/mol. The summed E-state index contributed by atoms with van der Waals surface area (Å²) in [5.41, 5.74) is 2.08. The van der Waals surface area contributed by atoms with Crippen molar-refractivity contribution in [3.63, 3.8) is 0 Å². The lowest BCUT2D eigenvalue weighted by molar-refractivity contribution is 0.538. The molecular formula is C12H9BO. The normalized spacial score (nSPS) is 19.9.